The van der Waals surface area contributed by atoms with Gasteiger partial charge in [0.1, 0.15) is 5.75 Å². The maximum Gasteiger partial charge on any atom is 0.424 e. The van der Waals surface area contributed by atoms with Crippen LogP contribution in [0.5, 0.6) is 5.75 Å². The SMILES string of the molecule is Fc1cc(OC(F)(F)C2CCC(C3CCC(OS)CC3)CO2)cc(F)c1F. The Morgan fingerprint density at radius 2 is 1.52 bits per heavy atom. The van der Waals surface area contributed by atoms with Gasteiger partial charge in [-0.2, -0.15) is 8.78 Å². The van der Waals surface area contributed by atoms with E-state index in [4.69, 9.17) is 8.92 Å². The number of alkyl halides is 2. The van der Waals surface area contributed by atoms with E-state index in [1.165, 1.54) is 0 Å². The fourth-order valence-corrected chi connectivity index (χ4v) is 4.10. The van der Waals surface area contributed by atoms with E-state index >= 15 is 0 Å². The molecule has 1 aliphatic heterocycles. The molecule has 0 N–H and O–H groups in total. The largest absolute Gasteiger partial charge is 0.430 e. The van der Waals surface area contributed by atoms with Gasteiger partial charge in [-0.1, -0.05) is 0 Å². The third-order valence-corrected chi connectivity index (χ3v) is 5.73. The molecule has 1 heterocycles. The number of benzene rings is 1. The Labute approximate surface area is 159 Å². The standard InChI is InChI=1S/C18H21F5O3S/c19-14-7-13(8-15(20)17(14)21)25-18(22,23)16-6-3-11(9-24-16)10-1-4-12(26-27)5-2-10/h7-8,10-12,16,27H,1-6,9H2. The maximum atomic E-state index is 14.3. The highest BCUT2D eigenvalue weighted by atomic mass is 32.1. The summed E-state index contributed by atoms with van der Waals surface area (Å²) in [6.45, 7) is 0.173. The van der Waals surface area contributed by atoms with Gasteiger partial charge in [0.2, 0.25) is 0 Å². The van der Waals surface area contributed by atoms with Crippen LogP contribution in [0.4, 0.5) is 22.0 Å². The zero-order valence-corrected chi connectivity index (χ0v) is 15.4. The van der Waals surface area contributed by atoms with Crippen molar-refractivity contribution in [1.29, 1.82) is 0 Å². The van der Waals surface area contributed by atoms with Crippen LogP contribution in [0.2, 0.25) is 0 Å². The molecule has 0 bridgehead atoms. The van der Waals surface area contributed by atoms with Gasteiger partial charge < -0.3 is 13.7 Å². The Morgan fingerprint density at radius 1 is 0.926 bits per heavy atom. The van der Waals surface area contributed by atoms with E-state index in [0.717, 1.165) is 25.7 Å². The molecule has 3 nitrogen and oxygen atoms in total. The molecule has 2 fully saturated rings. The molecule has 0 amide bonds. The van der Waals surface area contributed by atoms with Crippen molar-refractivity contribution >= 4 is 12.9 Å². The first-order valence-electron chi connectivity index (χ1n) is 8.93. The van der Waals surface area contributed by atoms with Gasteiger partial charge in [0, 0.05) is 12.1 Å². The first-order valence-corrected chi connectivity index (χ1v) is 9.30. The van der Waals surface area contributed by atoms with E-state index in [-0.39, 0.29) is 25.0 Å². The lowest BCUT2D eigenvalue weighted by atomic mass is 9.76. The molecule has 0 aromatic heterocycles. The number of halogens is 5. The van der Waals surface area contributed by atoms with Gasteiger partial charge in [0.05, 0.1) is 12.7 Å². The molecule has 1 aliphatic carbocycles. The lowest BCUT2D eigenvalue weighted by Gasteiger charge is -2.38. The van der Waals surface area contributed by atoms with Gasteiger partial charge >= 0.3 is 6.11 Å². The molecule has 3 rings (SSSR count). The maximum absolute atomic E-state index is 14.3. The minimum Gasteiger partial charge on any atom is -0.430 e. The van der Waals surface area contributed by atoms with Crippen LogP contribution in [-0.4, -0.2) is 24.9 Å². The van der Waals surface area contributed by atoms with Crippen molar-refractivity contribution in [2.75, 3.05) is 6.61 Å². The molecule has 2 unspecified atom stereocenters. The van der Waals surface area contributed by atoms with Gasteiger partial charge in [0.25, 0.3) is 0 Å². The summed E-state index contributed by atoms with van der Waals surface area (Å²) >= 11 is 3.83. The molecular weight excluding hydrogens is 391 g/mol. The molecule has 2 aliphatic rings. The zero-order chi connectivity index (χ0) is 19.6. The van der Waals surface area contributed by atoms with Crippen molar-refractivity contribution in [2.45, 2.75) is 56.8 Å². The molecular formula is C18H21F5O3S. The Balaban J connectivity index is 1.55. The smallest absolute Gasteiger partial charge is 0.424 e. The number of hydrogen-bond donors (Lipinski definition) is 1. The fraction of sp³-hybridized carbons (Fsp3) is 0.667. The van der Waals surface area contributed by atoms with Crippen molar-refractivity contribution in [3.8, 4) is 5.75 Å². The minimum atomic E-state index is -3.78. The van der Waals surface area contributed by atoms with Crippen LogP contribution in [0.3, 0.4) is 0 Å². The lowest BCUT2D eigenvalue weighted by molar-refractivity contribution is -0.266. The van der Waals surface area contributed by atoms with Crippen molar-refractivity contribution in [3.63, 3.8) is 0 Å². The van der Waals surface area contributed by atoms with Crippen molar-refractivity contribution in [1.82, 2.24) is 0 Å². The molecule has 0 spiro atoms. The van der Waals surface area contributed by atoms with Crippen LogP contribution in [0.25, 0.3) is 0 Å². The topological polar surface area (TPSA) is 27.7 Å². The molecule has 9 heteroatoms. The Bertz CT molecular complexity index is 621. The van der Waals surface area contributed by atoms with E-state index in [1.54, 1.807) is 0 Å². The molecule has 27 heavy (non-hydrogen) atoms. The second-order valence-electron chi connectivity index (χ2n) is 7.17. The summed E-state index contributed by atoms with van der Waals surface area (Å²) in [4.78, 5) is 0. The summed E-state index contributed by atoms with van der Waals surface area (Å²) in [7, 11) is 0. The van der Waals surface area contributed by atoms with Crippen LogP contribution < -0.4 is 4.74 Å². The molecule has 0 radical (unpaired) electrons. The normalized spacial score (nSPS) is 29.6. The first kappa shape index (κ1) is 20.7. The number of thiol groups is 1. The number of hydrogen-bond acceptors (Lipinski definition) is 4. The third kappa shape index (κ3) is 4.86. The fourth-order valence-electron chi connectivity index (χ4n) is 3.89. The molecule has 1 aromatic rings. The second kappa shape index (κ2) is 8.53. The quantitative estimate of drug-likeness (QED) is 0.308. The minimum absolute atomic E-state index is 0.0623. The van der Waals surface area contributed by atoms with E-state index in [9.17, 15) is 22.0 Å². The van der Waals surface area contributed by atoms with Gasteiger partial charge in [-0.15, -0.1) is 0 Å². The average Bonchev–Trinajstić information content (AvgIpc) is 2.66. The van der Waals surface area contributed by atoms with E-state index < -0.39 is 35.4 Å². The van der Waals surface area contributed by atoms with E-state index in [1.807, 2.05) is 0 Å². The van der Waals surface area contributed by atoms with Crippen LogP contribution in [-0.2, 0) is 8.92 Å². The van der Waals surface area contributed by atoms with Gasteiger partial charge in [-0.25, -0.2) is 13.2 Å². The van der Waals surface area contributed by atoms with Crippen LogP contribution >= 0.6 is 12.9 Å². The summed E-state index contributed by atoms with van der Waals surface area (Å²) in [5.41, 5.74) is 0. The van der Waals surface area contributed by atoms with Gasteiger partial charge in [-0.3, -0.25) is 0 Å². The average molecular weight is 412 g/mol. The second-order valence-corrected chi connectivity index (χ2v) is 7.38. The summed E-state index contributed by atoms with van der Waals surface area (Å²) in [6.07, 6.45) is -0.920. The van der Waals surface area contributed by atoms with E-state index in [2.05, 4.69) is 17.6 Å². The van der Waals surface area contributed by atoms with Crippen LogP contribution in [0, 0.1) is 29.3 Å². The highest BCUT2D eigenvalue weighted by Gasteiger charge is 2.46. The summed E-state index contributed by atoms with van der Waals surface area (Å²) in [5.74, 6) is -5.13. The first-order chi connectivity index (χ1) is 12.8. The summed E-state index contributed by atoms with van der Waals surface area (Å²) in [5, 5.41) is 0. The highest BCUT2D eigenvalue weighted by molar-refractivity contribution is 7.75. The van der Waals surface area contributed by atoms with Crippen molar-refractivity contribution < 1.29 is 35.6 Å². The highest BCUT2D eigenvalue weighted by Crippen LogP contribution is 2.40. The molecule has 1 saturated carbocycles. The predicted molar refractivity (Wildman–Crippen MR) is 90.2 cm³/mol. The number of rotatable bonds is 5. The lowest BCUT2D eigenvalue weighted by Crippen LogP contribution is -2.45. The molecule has 1 saturated heterocycles. The Kier molecular flexibility index (Phi) is 6.53. The zero-order valence-electron chi connectivity index (χ0n) is 14.5. The third-order valence-electron chi connectivity index (χ3n) is 5.43. The van der Waals surface area contributed by atoms with Crippen LogP contribution in [0.15, 0.2) is 12.1 Å². The number of ether oxygens (including phenoxy) is 2. The Hall–Kier alpha value is -1.06. The van der Waals surface area contributed by atoms with E-state index in [0.29, 0.717) is 24.5 Å². The summed E-state index contributed by atoms with van der Waals surface area (Å²) < 4.78 is 82.7. The summed E-state index contributed by atoms with van der Waals surface area (Å²) in [6, 6.07) is 0.778. The predicted octanol–water partition coefficient (Wildman–Crippen LogP) is 5.29. The van der Waals surface area contributed by atoms with Gasteiger partial charge in [0.15, 0.2) is 23.6 Å². The van der Waals surface area contributed by atoms with Crippen LogP contribution in [0.1, 0.15) is 38.5 Å². The molecule has 1 aromatic carbocycles. The Morgan fingerprint density at radius 3 is 2.04 bits per heavy atom. The van der Waals surface area contributed by atoms with Crippen molar-refractivity contribution in [3.05, 3.63) is 29.6 Å². The molecule has 152 valence electrons. The van der Waals surface area contributed by atoms with Crippen molar-refractivity contribution in [2.24, 2.45) is 11.8 Å². The monoisotopic (exact) mass is 412 g/mol. The van der Waals surface area contributed by atoms with Gasteiger partial charge in [-0.05, 0) is 63.3 Å². The molecule has 2 atom stereocenters.